The van der Waals surface area contributed by atoms with E-state index in [1.807, 2.05) is 0 Å². The van der Waals surface area contributed by atoms with Crippen molar-refractivity contribution in [3.05, 3.63) is 54.1 Å². The van der Waals surface area contributed by atoms with Crippen LogP contribution in [0.3, 0.4) is 0 Å². The summed E-state index contributed by atoms with van der Waals surface area (Å²) in [6.45, 7) is 0. The van der Waals surface area contributed by atoms with Crippen molar-refractivity contribution < 1.29 is 14.5 Å². The van der Waals surface area contributed by atoms with Crippen LogP contribution in [0.1, 0.15) is 10.4 Å². The molecule has 0 aliphatic heterocycles. The number of nitriles is 1. The van der Waals surface area contributed by atoms with Gasteiger partial charge in [-0.1, -0.05) is 24.3 Å². The number of hydrogen-bond donors (Lipinski definition) is 1. The fourth-order valence-corrected chi connectivity index (χ4v) is 2.37. The van der Waals surface area contributed by atoms with Gasteiger partial charge in [0.1, 0.15) is 0 Å². The third kappa shape index (κ3) is 1.53. The summed E-state index contributed by atoms with van der Waals surface area (Å²) in [5, 5.41) is 19.9. The van der Waals surface area contributed by atoms with Crippen LogP contribution in [0.5, 0.6) is 0 Å². The summed E-state index contributed by atoms with van der Waals surface area (Å²) in [5.74, 6) is -0.988. The molecule has 0 aliphatic carbocycles. The first kappa shape index (κ1) is 11.2. The van der Waals surface area contributed by atoms with Crippen LogP contribution in [-0.2, 0) is 0 Å². The van der Waals surface area contributed by atoms with Gasteiger partial charge in [-0.2, -0.15) is 0 Å². The maximum Gasteiger partial charge on any atom is 0.464 e. The minimum Gasteiger partial charge on any atom is -0.478 e. The molecular weight excluding hydrogens is 240 g/mol. The van der Waals surface area contributed by atoms with Crippen molar-refractivity contribution in [2.75, 3.05) is 0 Å². The largest absolute Gasteiger partial charge is 0.478 e. The highest BCUT2D eigenvalue weighted by Gasteiger charge is 2.20. The SMILES string of the molecule is N#C[n+]1c2ccccc2c(C(=O)O)c2ccccc21. The number of nitrogens with zero attached hydrogens (tertiary/aromatic N) is 2. The second kappa shape index (κ2) is 4.07. The van der Waals surface area contributed by atoms with E-state index in [0.717, 1.165) is 0 Å². The summed E-state index contributed by atoms with van der Waals surface area (Å²) in [4.78, 5) is 11.5. The summed E-state index contributed by atoms with van der Waals surface area (Å²) in [6, 6.07) is 14.1. The van der Waals surface area contributed by atoms with Crippen LogP contribution in [0, 0.1) is 11.5 Å². The average molecular weight is 249 g/mol. The lowest BCUT2D eigenvalue weighted by molar-refractivity contribution is -0.528. The van der Waals surface area contributed by atoms with Gasteiger partial charge in [0.2, 0.25) is 0 Å². The van der Waals surface area contributed by atoms with E-state index >= 15 is 0 Å². The lowest BCUT2D eigenvalue weighted by Gasteiger charge is -2.07. The van der Waals surface area contributed by atoms with E-state index in [4.69, 9.17) is 0 Å². The van der Waals surface area contributed by atoms with Crippen molar-refractivity contribution in [3.63, 3.8) is 0 Å². The van der Waals surface area contributed by atoms with Gasteiger partial charge >= 0.3 is 12.2 Å². The first-order valence-corrected chi connectivity index (χ1v) is 5.73. The van der Waals surface area contributed by atoms with Crippen molar-refractivity contribution >= 4 is 27.8 Å². The van der Waals surface area contributed by atoms with Crippen LogP contribution in [-0.4, -0.2) is 11.1 Å². The van der Waals surface area contributed by atoms with Crippen molar-refractivity contribution in [2.24, 2.45) is 0 Å². The topological polar surface area (TPSA) is 65.0 Å². The zero-order valence-corrected chi connectivity index (χ0v) is 9.87. The standard InChI is InChI=1S/C15H8N2O2/c16-9-17-12-7-3-1-5-10(12)14(15(18)19)11-6-2-4-8-13(11)17/h1-8H/p+1. The molecule has 4 nitrogen and oxygen atoms in total. The molecule has 1 N–H and O–H groups in total. The van der Waals surface area contributed by atoms with E-state index in [0.29, 0.717) is 21.8 Å². The van der Waals surface area contributed by atoms with E-state index in [2.05, 4.69) is 6.19 Å². The second-order valence-corrected chi connectivity index (χ2v) is 4.15. The number of rotatable bonds is 1. The van der Waals surface area contributed by atoms with Crippen molar-refractivity contribution in [3.8, 4) is 6.19 Å². The third-order valence-corrected chi connectivity index (χ3v) is 3.14. The predicted molar refractivity (Wildman–Crippen MR) is 69.6 cm³/mol. The van der Waals surface area contributed by atoms with Gasteiger partial charge in [0.25, 0.3) is 0 Å². The molecule has 0 aliphatic rings. The minimum atomic E-state index is -0.988. The molecule has 19 heavy (non-hydrogen) atoms. The Labute approximate surface area is 108 Å². The molecule has 0 amide bonds. The van der Waals surface area contributed by atoms with E-state index in [1.54, 1.807) is 48.5 Å². The Hall–Kier alpha value is -2.93. The van der Waals surface area contributed by atoms with E-state index in [1.165, 1.54) is 4.57 Å². The molecule has 0 saturated heterocycles. The number of aromatic carboxylic acids is 1. The number of fused-ring (bicyclic) bond motifs is 2. The van der Waals surface area contributed by atoms with E-state index in [-0.39, 0.29) is 5.56 Å². The van der Waals surface area contributed by atoms with Gasteiger partial charge in [0.15, 0.2) is 16.3 Å². The van der Waals surface area contributed by atoms with Crippen LogP contribution in [0.2, 0.25) is 0 Å². The number of aromatic nitrogens is 1. The van der Waals surface area contributed by atoms with E-state index in [9.17, 15) is 15.2 Å². The zero-order valence-electron chi connectivity index (χ0n) is 9.87. The quantitative estimate of drug-likeness (QED) is 0.531. The van der Waals surface area contributed by atoms with Crippen LogP contribution < -0.4 is 4.57 Å². The lowest BCUT2D eigenvalue weighted by atomic mass is 10.0. The number of carboxylic acids is 1. The Morgan fingerprint density at radius 1 is 1.00 bits per heavy atom. The predicted octanol–water partition coefficient (Wildman–Crippen LogP) is 2.31. The fourth-order valence-electron chi connectivity index (χ4n) is 2.37. The summed E-state index contributed by atoms with van der Waals surface area (Å²) < 4.78 is 1.46. The van der Waals surface area contributed by atoms with Crippen LogP contribution in [0.15, 0.2) is 48.5 Å². The highest BCUT2D eigenvalue weighted by atomic mass is 16.4. The summed E-state index contributed by atoms with van der Waals surface area (Å²) >= 11 is 0. The Kier molecular flexibility index (Phi) is 2.39. The van der Waals surface area contributed by atoms with Gasteiger partial charge < -0.3 is 5.11 Å². The number of hydrogen-bond acceptors (Lipinski definition) is 2. The molecule has 90 valence electrons. The molecular formula is C15H9N2O2+. The highest BCUT2D eigenvalue weighted by molar-refractivity contribution is 6.12. The molecule has 0 radical (unpaired) electrons. The summed E-state index contributed by atoms with van der Waals surface area (Å²) in [6.07, 6.45) is 2.10. The van der Waals surface area contributed by atoms with Gasteiger partial charge in [-0.3, -0.25) is 0 Å². The molecule has 0 spiro atoms. The number of benzene rings is 2. The lowest BCUT2D eigenvalue weighted by Crippen LogP contribution is -2.31. The molecule has 1 heterocycles. The monoisotopic (exact) mass is 249 g/mol. The van der Waals surface area contributed by atoms with Crippen LogP contribution >= 0.6 is 0 Å². The van der Waals surface area contributed by atoms with Gasteiger partial charge in [0.05, 0.1) is 5.56 Å². The Balaban J connectivity index is 2.70. The average Bonchev–Trinajstić information content (AvgIpc) is 2.44. The maximum absolute atomic E-state index is 11.5. The minimum absolute atomic E-state index is 0.234. The van der Waals surface area contributed by atoms with Crippen molar-refractivity contribution in [2.45, 2.75) is 0 Å². The number of carboxylic acid groups (broad SMARTS) is 1. The van der Waals surface area contributed by atoms with Crippen molar-refractivity contribution in [1.29, 1.82) is 5.26 Å². The molecule has 0 saturated carbocycles. The number of pyridine rings is 1. The first-order valence-electron chi connectivity index (χ1n) is 5.73. The van der Waals surface area contributed by atoms with Crippen molar-refractivity contribution in [1.82, 2.24) is 0 Å². The third-order valence-electron chi connectivity index (χ3n) is 3.14. The molecule has 0 unspecified atom stereocenters. The van der Waals surface area contributed by atoms with Gasteiger partial charge in [0, 0.05) is 10.8 Å². The van der Waals surface area contributed by atoms with Crippen LogP contribution in [0.4, 0.5) is 0 Å². The highest BCUT2D eigenvalue weighted by Crippen LogP contribution is 2.24. The van der Waals surface area contributed by atoms with Crippen LogP contribution in [0.25, 0.3) is 21.8 Å². The summed E-state index contributed by atoms with van der Waals surface area (Å²) in [7, 11) is 0. The zero-order chi connectivity index (χ0) is 13.4. The molecule has 2 aromatic carbocycles. The molecule has 3 rings (SSSR count). The summed E-state index contributed by atoms with van der Waals surface area (Å²) in [5.41, 5.74) is 1.43. The van der Waals surface area contributed by atoms with Gasteiger partial charge in [-0.25, -0.2) is 4.79 Å². The fraction of sp³-hybridized carbons (Fsp3) is 0. The molecule has 1 aromatic heterocycles. The molecule has 3 aromatic rings. The van der Waals surface area contributed by atoms with E-state index < -0.39 is 5.97 Å². The Bertz CT molecular complexity index is 806. The Morgan fingerprint density at radius 2 is 1.47 bits per heavy atom. The number of carbonyl (C=O) groups is 1. The maximum atomic E-state index is 11.5. The van der Waals surface area contributed by atoms with Gasteiger partial charge in [-0.05, 0) is 24.3 Å². The molecule has 0 fully saturated rings. The molecule has 0 atom stereocenters. The Morgan fingerprint density at radius 3 is 1.89 bits per heavy atom. The first-order chi connectivity index (χ1) is 9.24. The smallest absolute Gasteiger partial charge is 0.464 e. The molecule has 4 heteroatoms. The van der Waals surface area contributed by atoms with Gasteiger partial charge in [-0.15, -0.1) is 4.57 Å². The molecule has 0 bridgehead atoms. The number of para-hydroxylation sites is 2. The normalized spacial score (nSPS) is 10.5. The second-order valence-electron chi connectivity index (χ2n) is 4.15.